The van der Waals surface area contributed by atoms with Crippen LogP contribution in [0.3, 0.4) is 0 Å². The second kappa shape index (κ2) is 8.76. The van der Waals surface area contributed by atoms with Crippen LogP contribution in [0.15, 0.2) is 59.6 Å². The van der Waals surface area contributed by atoms with Crippen molar-refractivity contribution >= 4 is 45.2 Å². The van der Waals surface area contributed by atoms with E-state index in [4.69, 9.17) is 4.98 Å². The highest BCUT2D eigenvalue weighted by atomic mass is 32.2. The predicted octanol–water partition coefficient (Wildman–Crippen LogP) is 5.06. The Morgan fingerprint density at radius 3 is 2.83 bits per heavy atom. The summed E-state index contributed by atoms with van der Waals surface area (Å²) in [6, 6.07) is 11.7. The highest BCUT2D eigenvalue weighted by Gasteiger charge is 2.19. The highest BCUT2D eigenvalue weighted by Crippen LogP contribution is 2.29. The summed E-state index contributed by atoms with van der Waals surface area (Å²) < 4.78 is 2.61. The average molecular weight is 437 g/mol. The second-order valence-electron chi connectivity index (χ2n) is 6.77. The number of rotatable bonds is 7. The molecule has 4 rings (SSSR count). The number of benzene rings is 1. The highest BCUT2D eigenvalue weighted by molar-refractivity contribution is 8.01. The lowest BCUT2D eigenvalue weighted by Crippen LogP contribution is -2.13. The first-order chi connectivity index (χ1) is 14.6. The van der Waals surface area contributed by atoms with Gasteiger partial charge in [-0.2, -0.15) is 5.10 Å². The molecule has 152 valence electrons. The van der Waals surface area contributed by atoms with E-state index in [2.05, 4.69) is 27.2 Å². The Morgan fingerprint density at radius 2 is 2.10 bits per heavy atom. The Kier molecular flexibility index (Phi) is 5.91. The topological polar surface area (TPSA) is 85.6 Å². The van der Waals surface area contributed by atoms with Gasteiger partial charge in [0.05, 0.1) is 22.8 Å². The first-order valence-electron chi connectivity index (χ1n) is 9.39. The van der Waals surface area contributed by atoms with E-state index >= 15 is 0 Å². The van der Waals surface area contributed by atoms with Crippen molar-refractivity contribution in [1.29, 1.82) is 0 Å². The van der Waals surface area contributed by atoms with E-state index in [-0.39, 0.29) is 11.9 Å². The third-order valence-corrected chi connectivity index (χ3v) is 6.29. The molecule has 0 radical (unpaired) electrons. The monoisotopic (exact) mass is 436 g/mol. The summed E-state index contributed by atoms with van der Waals surface area (Å²) in [5.41, 5.74) is 2.83. The summed E-state index contributed by atoms with van der Waals surface area (Å²) in [5.74, 6) is 0.474. The van der Waals surface area contributed by atoms with Gasteiger partial charge in [-0.3, -0.25) is 10.1 Å². The number of fused-ring (bicyclic) bond motifs is 1. The van der Waals surface area contributed by atoms with Gasteiger partial charge < -0.3 is 0 Å². The number of amides is 1. The summed E-state index contributed by atoms with van der Waals surface area (Å²) in [4.78, 5) is 18.0. The number of anilines is 1. The third-order valence-electron chi connectivity index (χ3n) is 4.32. The molecule has 0 aliphatic rings. The number of carbonyl (C=O) groups is 1. The minimum Gasteiger partial charge on any atom is -0.296 e. The van der Waals surface area contributed by atoms with E-state index in [1.807, 2.05) is 48.9 Å². The fourth-order valence-electron chi connectivity index (χ4n) is 2.95. The van der Waals surface area contributed by atoms with Crippen LogP contribution in [0.5, 0.6) is 0 Å². The number of hydrogen-bond acceptors (Lipinski definition) is 7. The van der Waals surface area contributed by atoms with Crippen LogP contribution in [0, 0.1) is 0 Å². The third kappa shape index (κ3) is 4.12. The molecule has 0 bridgehead atoms. The lowest BCUT2D eigenvalue weighted by atomic mass is 10.1. The van der Waals surface area contributed by atoms with Gasteiger partial charge >= 0.3 is 0 Å². The number of thioether (sulfide) groups is 1. The van der Waals surface area contributed by atoms with Gasteiger partial charge in [0.1, 0.15) is 0 Å². The molecule has 3 heterocycles. The Hall–Kier alpha value is -3.04. The smallest absolute Gasteiger partial charge is 0.258 e. The van der Waals surface area contributed by atoms with Crippen LogP contribution in [0.25, 0.3) is 22.3 Å². The molecule has 0 saturated heterocycles. The molecule has 0 saturated carbocycles. The van der Waals surface area contributed by atoms with Crippen LogP contribution in [0.2, 0.25) is 0 Å². The van der Waals surface area contributed by atoms with E-state index in [1.54, 1.807) is 18.3 Å². The zero-order chi connectivity index (χ0) is 21.1. The summed E-state index contributed by atoms with van der Waals surface area (Å²) in [6.45, 7) is 7.77. The van der Waals surface area contributed by atoms with Gasteiger partial charge in [0.2, 0.25) is 5.13 Å². The molecule has 7 nitrogen and oxygen atoms in total. The molecule has 0 aliphatic heterocycles. The van der Waals surface area contributed by atoms with E-state index in [0.717, 1.165) is 21.3 Å². The SMILES string of the molecule is C=CCSc1nnc(NC(=O)c2cc(-c3ccccc3)nc3c2cnn3C(C)C)s1. The number of carbonyl (C=O) groups excluding carboxylic acids is 1. The molecule has 0 unspecified atom stereocenters. The van der Waals surface area contributed by atoms with Crippen molar-refractivity contribution in [2.75, 3.05) is 11.1 Å². The average Bonchev–Trinajstić information content (AvgIpc) is 3.38. The first-order valence-corrected chi connectivity index (χ1v) is 11.2. The summed E-state index contributed by atoms with van der Waals surface area (Å²) in [6.07, 6.45) is 3.49. The van der Waals surface area contributed by atoms with Crippen molar-refractivity contribution in [2.45, 2.75) is 24.2 Å². The molecule has 0 spiro atoms. The summed E-state index contributed by atoms with van der Waals surface area (Å²) in [5, 5.41) is 16.6. The van der Waals surface area contributed by atoms with Gasteiger partial charge in [0.25, 0.3) is 5.91 Å². The Morgan fingerprint density at radius 1 is 1.30 bits per heavy atom. The molecular formula is C21H20N6OS2. The molecule has 30 heavy (non-hydrogen) atoms. The van der Waals surface area contributed by atoms with Gasteiger partial charge in [-0.25, -0.2) is 9.67 Å². The minimum atomic E-state index is -0.265. The predicted molar refractivity (Wildman–Crippen MR) is 122 cm³/mol. The van der Waals surface area contributed by atoms with Crippen molar-refractivity contribution in [3.05, 3.63) is 60.8 Å². The quantitative estimate of drug-likeness (QED) is 0.248. The van der Waals surface area contributed by atoms with Crippen LogP contribution < -0.4 is 5.32 Å². The number of hydrogen-bond donors (Lipinski definition) is 1. The second-order valence-corrected chi connectivity index (χ2v) is 9.01. The summed E-state index contributed by atoms with van der Waals surface area (Å²) in [7, 11) is 0. The molecular weight excluding hydrogens is 416 g/mol. The fourth-order valence-corrected chi connectivity index (χ4v) is 4.46. The van der Waals surface area contributed by atoms with Crippen molar-refractivity contribution < 1.29 is 4.79 Å². The van der Waals surface area contributed by atoms with Gasteiger partial charge in [0.15, 0.2) is 9.99 Å². The molecule has 1 amide bonds. The van der Waals surface area contributed by atoms with E-state index in [0.29, 0.717) is 21.7 Å². The van der Waals surface area contributed by atoms with Crippen molar-refractivity contribution in [2.24, 2.45) is 0 Å². The molecule has 3 aromatic heterocycles. The molecule has 0 aliphatic carbocycles. The molecule has 1 aromatic carbocycles. The Balaban J connectivity index is 1.74. The normalized spacial score (nSPS) is 11.2. The largest absolute Gasteiger partial charge is 0.296 e. The lowest BCUT2D eigenvalue weighted by molar-refractivity contribution is 0.102. The molecule has 1 N–H and O–H groups in total. The Bertz CT molecular complexity index is 1200. The van der Waals surface area contributed by atoms with Gasteiger partial charge in [0, 0.05) is 17.4 Å². The van der Waals surface area contributed by atoms with Crippen molar-refractivity contribution in [3.8, 4) is 11.3 Å². The maximum absolute atomic E-state index is 13.2. The lowest BCUT2D eigenvalue weighted by Gasteiger charge is -2.10. The van der Waals surface area contributed by atoms with Crippen LogP contribution in [-0.2, 0) is 0 Å². The molecule has 9 heteroatoms. The zero-order valence-corrected chi connectivity index (χ0v) is 18.2. The van der Waals surface area contributed by atoms with Crippen LogP contribution in [0.1, 0.15) is 30.2 Å². The van der Waals surface area contributed by atoms with Crippen molar-refractivity contribution in [3.63, 3.8) is 0 Å². The van der Waals surface area contributed by atoms with E-state index in [1.165, 1.54) is 23.1 Å². The molecule has 4 aromatic rings. The Labute approximate surface area is 182 Å². The zero-order valence-electron chi connectivity index (χ0n) is 16.6. The van der Waals surface area contributed by atoms with E-state index < -0.39 is 0 Å². The number of pyridine rings is 1. The first kappa shape index (κ1) is 20.2. The van der Waals surface area contributed by atoms with E-state index in [9.17, 15) is 4.79 Å². The summed E-state index contributed by atoms with van der Waals surface area (Å²) >= 11 is 2.86. The number of nitrogens with one attached hydrogen (secondary N) is 1. The number of aromatic nitrogens is 5. The maximum Gasteiger partial charge on any atom is 0.258 e. The fraction of sp³-hybridized carbons (Fsp3) is 0.190. The maximum atomic E-state index is 13.2. The van der Waals surface area contributed by atoms with Gasteiger partial charge in [-0.15, -0.1) is 16.8 Å². The van der Waals surface area contributed by atoms with Crippen molar-refractivity contribution in [1.82, 2.24) is 25.0 Å². The van der Waals surface area contributed by atoms with Gasteiger partial charge in [-0.1, -0.05) is 59.5 Å². The minimum absolute atomic E-state index is 0.115. The molecule has 0 atom stereocenters. The standard InChI is InChI=1S/C21H20N6OS2/c1-4-10-29-21-26-25-20(30-21)24-19(28)15-11-17(14-8-6-5-7-9-14)23-18-16(15)12-22-27(18)13(2)3/h4-9,11-13H,1,10H2,2-3H3,(H,24,25,28). The van der Waals surface area contributed by atoms with Crippen LogP contribution in [-0.4, -0.2) is 36.6 Å². The number of nitrogens with zero attached hydrogens (tertiary/aromatic N) is 5. The molecule has 0 fully saturated rings. The van der Waals surface area contributed by atoms with Crippen LogP contribution >= 0.6 is 23.1 Å². The van der Waals surface area contributed by atoms with Gasteiger partial charge in [-0.05, 0) is 19.9 Å². The van der Waals surface area contributed by atoms with Crippen LogP contribution in [0.4, 0.5) is 5.13 Å².